The molecule has 0 spiro atoms. The van der Waals surface area contributed by atoms with Gasteiger partial charge in [0.25, 0.3) is 0 Å². The van der Waals surface area contributed by atoms with E-state index >= 15 is 0 Å². The lowest BCUT2D eigenvalue weighted by Crippen LogP contribution is -2.47. The Labute approximate surface area is 122 Å². The Hall–Kier alpha value is -2.12. The van der Waals surface area contributed by atoms with Crippen molar-refractivity contribution >= 4 is 23.8 Å². The van der Waals surface area contributed by atoms with Gasteiger partial charge in [-0.15, -0.1) is 0 Å². The minimum absolute atomic E-state index is 0.156. The van der Waals surface area contributed by atoms with Gasteiger partial charge in [0.2, 0.25) is 5.91 Å². The van der Waals surface area contributed by atoms with Crippen molar-refractivity contribution in [2.45, 2.75) is 33.6 Å². The molecule has 0 aliphatic carbocycles. The van der Waals surface area contributed by atoms with Crippen molar-refractivity contribution in [1.29, 1.82) is 0 Å². The fourth-order valence-electron chi connectivity index (χ4n) is 1.68. The SMILES string of the molecule is CC(C(=O)O)C(C)(C)C(=O)N(CCC(=O)O)CCC(=O)O. The van der Waals surface area contributed by atoms with Crippen LogP contribution in [0.2, 0.25) is 0 Å². The van der Waals surface area contributed by atoms with Crippen LogP contribution < -0.4 is 0 Å². The lowest BCUT2D eigenvalue weighted by Gasteiger charge is -2.34. The van der Waals surface area contributed by atoms with Crippen LogP contribution in [0, 0.1) is 11.3 Å². The zero-order valence-electron chi connectivity index (χ0n) is 12.3. The summed E-state index contributed by atoms with van der Waals surface area (Å²) < 4.78 is 0. The summed E-state index contributed by atoms with van der Waals surface area (Å²) in [5, 5.41) is 26.4. The molecule has 8 nitrogen and oxygen atoms in total. The van der Waals surface area contributed by atoms with Gasteiger partial charge in [0.1, 0.15) is 0 Å². The van der Waals surface area contributed by atoms with Gasteiger partial charge in [0.05, 0.1) is 24.2 Å². The summed E-state index contributed by atoms with van der Waals surface area (Å²) in [5.74, 6) is -4.94. The van der Waals surface area contributed by atoms with E-state index in [1.54, 1.807) is 0 Å². The number of rotatable bonds is 9. The van der Waals surface area contributed by atoms with Gasteiger partial charge in [0, 0.05) is 13.1 Å². The average Bonchev–Trinajstić information content (AvgIpc) is 2.36. The molecule has 3 N–H and O–H groups in total. The van der Waals surface area contributed by atoms with Gasteiger partial charge in [-0.05, 0) is 0 Å². The van der Waals surface area contributed by atoms with Crippen molar-refractivity contribution in [1.82, 2.24) is 4.90 Å². The molecule has 1 unspecified atom stereocenters. The van der Waals surface area contributed by atoms with Crippen molar-refractivity contribution in [3.63, 3.8) is 0 Å². The highest BCUT2D eigenvalue weighted by Crippen LogP contribution is 2.29. The number of hydrogen-bond donors (Lipinski definition) is 3. The maximum Gasteiger partial charge on any atom is 0.307 e. The molecule has 0 saturated carbocycles. The Morgan fingerprint density at radius 2 is 1.33 bits per heavy atom. The van der Waals surface area contributed by atoms with E-state index in [-0.39, 0.29) is 25.9 Å². The van der Waals surface area contributed by atoms with Gasteiger partial charge in [-0.1, -0.05) is 20.8 Å². The first-order valence-corrected chi connectivity index (χ1v) is 6.46. The molecule has 0 aromatic heterocycles. The number of carbonyl (C=O) groups excluding carboxylic acids is 1. The lowest BCUT2D eigenvalue weighted by atomic mass is 9.78. The van der Waals surface area contributed by atoms with E-state index in [1.807, 2.05) is 0 Å². The molecule has 0 heterocycles. The van der Waals surface area contributed by atoms with Crippen molar-refractivity contribution in [2.75, 3.05) is 13.1 Å². The number of amides is 1. The predicted molar refractivity (Wildman–Crippen MR) is 71.7 cm³/mol. The minimum atomic E-state index is -1.26. The molecule has 8 heteroatoms. The van der Waals surface area contributed by atoms with Crippen LogP contribution in [-0.2, 0) is 19.2 Å². The Morgan fingerprint density at radius 1 is 0.952 bits per heavy atom. The van der Waals surface area contributed by atoms with Gasteiger partial charge in [-0.25, -0.2) is 0 Å². The standard InChI is InChI=1S/C13H21NO7/c1-8(11(19)20)13(2,3)12(21)14(6-4-9(15)16)7-5-10(17)18/h8H,4-7H2,1-3H3,(H,15,16)(H,17,18)(H,19,20). The summed E-state index contributed by atoms with van der Waals surface area (Å²) in [6.07, 6.45) is -0.661. The predicted octanol–water partition coefficient (Wildman–Crippen LogP) is 0.511. The Kier molecular flexibility index (Phi) is 6.84. The first-order valence-electron chi connectivity index (χ1n) is 6.46. The van der Waals surface area contributed by atoms with E-state index in [2.05, 4.69) is 0 Å². The van der Waals surface area contributed by atoms with Gasteiger partial charge in [-0.2, -0.15) is 0 Å². The number of nitrogens with zero attached hydrogens (tertiary/aromatic N) is 1. The maximum atomic E-state index is 12.4. The second kappa shape index (κ2) is 7.61. The second-order valence-electron chi connectivity index (χ2n) is 5.36. The third-order valence-corrected chi connectivity index (χ3v) is 3.48. The summed E-state index contributed by atoms with van der Waals surface area (Å²) in [5.41, 5.74) is -1.26. The summed E-state index contributed by atoms with van der Waals surface area (Å²) >= 11 is 0. The third kappa shape index (κ3) is 5.80. The fourth-order valence-corrected chi connectivity index (χ4v) is 1.68. The van der Waals surface area contributed by atoms with Crippen LogP contribution in [0.5, 0.6) is 0 Å². The van der Waals surface area contributed by atoms with E-state index in [4.69, 9.17) is 15.3 Å². The molecule has 0 saturated heterocycles. The molecule has 0 aromatic carbocycles. The van der Waals surface area contributed by atoms with Gasteiger partial charge >= 0.3 is 17.9 Å². The molecule has 0 aliphatic rings. The zero-order chi connectivity index (χ0) is 16.8. The van der Waals surface area contributed by atoms with Crippen LogP contribution >= 0.6 is 0 Å². The number of carbonyl (C=O) groups is 4. The summed E-state index contributed by atoms with van der Waals surface area (Å²) in [7, 11) is 0. The van der Waals surface area contributed by atoms with E-state index in [1.165, 1.54) is 20.8 Å². The highest BCUT2D eigenvalue weighted by atomic mass is 16.4. The van der Waals surface area contributed by atoms with E-state index in [0.29, 0.717) is 0 Å². The highest BCUT2D eigenvalue weighted by molar-refractivity contribution is 5.88. The molecule has 0 rings (SSSR count). The molecule has 120 valence electrons. The van der Waals surface area contributed by atoms with Crippen molar-refractivity contribution in [3.05, 3.63) is 0 Å². The van der Waals surface area contributed by atoms with Gasteiger partial charge < -0.3 is 20.2 Å². The van der Waals surface area contributed by atoms with Crippen LogP contribution in [0.1, 0.15) is 33.6 Å². The summed E-state index contributed by atoms with van der Waals surface area (Å²) in [6, 6.07) is 0. The first-order chi connectivity index (χ1) is 9.50. The van der Waals surface area contributed by atoms with Crippen LogP contribution in [0.15, 0.2) is 0 Å². The summed E-state index contributed by atoms with van der Waals surface area (Å²) in [4.78, 5) is 45.8. The normalized spacial score (nSPS) is 12.5. The zero-order valence-corrected chi connectivity index (χ0v) is 12.3. The van der Waals surface area contributed by atoms with Crippen LogP contribution in [-0.4, -0.2) is 57.1 Å². The van der Waals surface area contributed by atoms with Crippen molar-refractivity contribution in [2.24, 2.45) is 11.3 Å². The van der Waals surface area contributed by atoms with Gasteiger partial charge in [0.15, 0.2) is 0 Å². The number of hydrogen-bond acceptors (Lipinski definition) is 4. The van der Waals surface area contributed by atoms with Crippen LogP contribution in [0.3, 0.4) is 0 Å². The van der Waals surface area contributed by atoms with Crippen molar-refractivity contribution in [3.8, 4) is 0 Å². The molecular formula is C13H21NO7. The molecule has 0 radical (unpaired) electrons. The van der Waals surface area contributed by atoms with E-state index < -0.39 is 35.1 Å². The van der Waals surface area contributed by atoms with Crippen LogP contribution in [0.25, 0.3) is 0 Å². The smallest absolute Gasteiger partial charge is 0.307 e. The van der Waals surface area contributed by atoms with Crippen molar-refractivity contribution < 1.29 is 34.5 Å². The number of carboxylic acids is 3. The second-order valence-corrected chi connectivity index (χ2v) is 5.36. The quantitative estimate of drug-likeness (QED) is 0.565. The molecule has 1 amide bonds. The van der Waals surface area contributed by atoms with Crippen LogP contribution in [0.4, 0.5) is 0 Å². The molecule has 21 heavy (non-hydrogen) atoms. The summed E-state index contributed by atoms with van der Waals surface area (Å²) in [6.45, 7) is 3.96. The lowest BCUT2D eigenvalue weighted by molar-refractivity contribution is -0.156. The molecular weight excluding hydrogens is 282 g/mol. The average molecular weight is 303 g/mol. The molecule has 0 aromatic rings. The first kappa shape index (κ1) is 18.9. The third-order valence-electron chi connectivity index (χ3n) is 3.48. The van der Waals surface area contributed by atoms with E-state index in [9.17, 15) is 19.2 Å². The minimum Gasteiger partial charge on any atom is -0.481 e. The number of carboxylic acid groups (broad SMARTS) is 3. The Balaban J connectivity index is 5.10. The largest absolute Gasteiger partial charge is 0.481 e. The van der Waals surface area contributed by atoms with E-state index in [0.717, 1.165) is 4.90 Å². The topological polar surface area (TPSA) is 132 Å². The Morgan fingerprint density at radius 3 is 1.62 bits per heavy atom. The molecule has 0 fully saturated rings. The maximum absolute atomic E-state index is 12.4. The fraction of sp³-hybridized carbons (Fsp3) is 0.692. The Bertz CT molecular complexity index is 412. The molecule has 0 aliphatic heterocycles. The molecule has 0 bridgehead atoms. The molecule has 1 atom stereocenters. The highest BCUT2D eigenvalue weighted by Gasteiger charge is 2.40. The number of aliphatic carboxylic acids is 3. The van der Waals surface area contributed by atoms with Gasteiger partial charge in [-0.3, -0.25) is 19.2 Å². The monoisotopic (exact) mass is 303 g/mol.